The molecule has 31 heavy (non-hydrogen) atoms. The number of hydrogen-bond acceptors (Lipinski definition) is 8. The Morgan fingerprint density at radius 2 is 1.97 bits per heavy atom. The summed E-state index contributed by atoms with van der Waals surface area (Å²) in [5, 5.41) is 20.1. The molecule has 2 heterocycles. The van der Waals surface area contributed by atoms with E-state index in [1.807, 2.05) is 4.57 Å². The first-order valence-corrected chi connectivity index (χ1v) is 10.6. The van der Waals surface area contributed by atoms with E-state index in [4.69, 9.17) is 9.47 Å². The molecule has 1 aromatic heterocycles. The molecule has 3 aromatic rings. The summed E-state index contributed by atoms with van der Waals surface area (Å²) in [5.41, 5.74) is 0.611. The minimum Gasteiger partial charge on any atom is -0.492 e. The van der Waals surface area contributed by atoms with Crippen LogP contribution in [-0.2, 0) is 4.74 Å². The highest BCUT2D eigenvalue weighted by atomic mass is 32.2. The lowest BCUT2D eigenvalue weighted by Crippen LogP contribution is -2.37. The molecule has 162 valence electrons. The summed E-state index contributed by atoms with van der Waals surface area (Å²) in [7, 11) is 0. The van der Waals surface area contributed by atoms with E-state index in [-0.39, 0.29) is 11.5 Å². The van der Waals surface area contributed by atoms with Crippen LogP contribution in [0.25, 0.3) is 5.69 Å². The standard InChI is InChI=1S/C20H20FN5O4S/c21-15-3-1-4-16(13-15)25-19(24-7-9-29-10-8-24)22-23-20(25)31-12-11-30-18-6-2-5-17(14-18)26(27)28/h1-6,13-14H,7-12H2. The molecule has 0 aliphatic carbocycles. The molecule has 0 N–H and O–H groups in total. The van der Waals surface area contributed by atoms with Gasteiger partial charge in [-0.2, -0.15) is 0 Å². The van der Waals surface area contributed by atoms with Gasteiger partial charge < -0.3 is 14.4 Å². The van der Waals surface area contributed by atoms with Crippen molar-refractivity contribution in [3.63, 3.8) is 0 Å². The van der Waals surface area contributed by atoms with Gasteiger partial charge in [-0.3, -0.25) is 14.7 Å². The van der Waals surface area contributed by atoms with Crippen LogP contribution in [0.5, 0.6) is 5.75 Å². The Kier molecular flexibility index (Phi) is 6.63. The van der Waals surface area contributed by atoms with Gasteiger partial charge in [0.05, 0.1) is 36.5 Å². The second kappa shape index (κ2) is 9.75. The van der Waals surface area contributed by atoms with Crippen molar-refractivity contribution < 1.29 is 18.8 Å². The third-order valence-electron chi connectivity index (χ3n) is 4.59. The van der Waals surface area contributed by atoms with Crippen LogP contribution in [-0.4, -0.2) is 58.4 Å². The van der Waals surface area contributed by atoms with Gasteiger partial charge in [0, 0.05) is 24.9 Å². The third kappa shape index (κ3) is 5.12. The molecule has 0 saturated carbocycles. The Labute approximate surface area is 181 Å². The number of aromatic nitrogens is 3. The van der Waals surface area contributed by atoms with Crippen molar-refractivity contribution >= 4 is 23.4 Å². The number of anilines is 1. The first-order valence-electron chi connectivity index (χ1n) is 9.66. The molecule has 0 atom stereocenters. The van der Waals surface area contributed by atoms with E-state index in [9.17, 15) is 14.5 Å². The van der Waals surface area contributed by atoms with Crippen molar-refractivity contribution in [2.45, 2.75) is 5.16 Å². The molecule has 0 unspecified atom stereocenters. The summed E-state index contributed by atoms with van der Waals surface area (Å²) in [6.07, 6.45) is 0. The molecule has 1 aliphatic rings. The van der Waals surface area contributed by atoms with Crippen molar-refractivity contribution in [3.8, 4) is 11.4 Å². The van der Waals surface area contributed by atoms with Crippen LogP contribution in [0, 0.1) is 15.9 Å². The molecule has 1 aliphatic heterocycles. The normalized spacial score (nSPS) is 13.9. The number of non-ortho nitro benzene ring substituents is 1. The Morgan fingerprint density at radius 3 is 2.74 bits per heavy atom. The SMILES string of the molecule is O=[N+]([O-])c1cccc(OCCSc2nnc(N3CCOCC3)n2-c2cccc(F)c2)c1. The van der Waals surface area contributed by atoms with Crippen molar-refractivity contribution in [2.24, 2.45) is 0 Å². The van der Waals surface area contributed by atoms with Gasteiger partial charge in [-0.1, -0.05) is 23.9 Å². The largest absolute Gasteiger partial charge is 0.492 e. The lowest BCUT2D eigenvalue weighted by Gasteiger charge is -2.27. The Bertz CT molecular complexity index is 1060. The number of halogens is 1. The molecular formula is C20H20FN5O4S. The van der Waals surface area contributed by atoms with Gasteiger partial charge in [0.25, 0.3) is 5.69 Å². The van der Waals surface area contributed by atoms with Gasteiger partial charge in [-0.15, -0.1) is 10.2 Å². The average molecular weight is 445 g/mol. The minimum absolute atomic E-state index is 0.0221. The van der Waals surface area contributed by atoms with Gasteiger partial charge >= 0.3 is 0 Å². The monoisotopic (exact) mass is 445 g/mol. The second-order valence-electron chi connectivity index (χ2n) is 6.65. The zero-order chi connectivity index (χ0) is 21.6. The Balaban J connectivity index is 1.48. The predicted molar refractivity (Wildman–Crippen MR) is 114 cm³/mol. The number of rotatable bonds is 8. The lowest BCUT2D eigenvalue weighted by molar-refractivity contribution is -0.384. The van der Waals surface area contributed by atoms with Gasteiger partial charge in [-0.05, 0) is 24.3 Å². The van der Waals surface area contributed by atoms with Crippen LogP contribution in [0.1, 0.15) is 0 Å². The van der Waals surface area contributed by atoms with Gasteiger partial charge in [-0.25, -0.2) is 4.39 Å². The summed E-state index contributed by atoms with van der Waals surface area (Å²) in [6, 6.07) is 12.3. The van der Waals surface area contributed by atoms with Crippen molar-refractivity contribution in [1.82, 2.24) is 14.8 Å². The molecule has 0 spiro atoms. The Morgan fingerprint density at radius 1 is 1.16 bits per heavy atom. The number of nitro groups is 1. The second-order valence-corrected chi connectivity index (χ2v) is 7.71. The molecule has 0 amide bonds. The van der Waals surface area contributed by atoms with Crippen molar-refractivity contribution in [2.75, 3.05) is 43.6 Å². The number of benzene rings is 2. The van der Waals surface area contributed by atoms with Crippen molar-refractivity contribution in [1.29, 1.82) is 0 Å². The summed E-state index contributed by atoms with van der Waals surface area (Å²) in [6.45, 7) is 2.85. The molecule has 0 bridgehead atoms. The smallest absolute Gasteiger partial charge is 0.273 e. The number of morpholine rings is 1. The number of thioether (sulfide) groups is 1. The van der Waals surface area contributed by atoms with E-state index in [0.717, 1.165) is 0 Å². The highest BCUT2D eigenvalue weighted by Crippen LogP contribution is 2.28. The maximum atomic E-state index is 13.9. The average Bonchev–Trinajstić information content (AvgIpc) is 3.21. The Hall–Kier alpha value is -3.18. The molecule has 2 aromatic carbocycles. The highest BCUT2D eigenvalue weighted by molar-refractivity contribution is 7.99. The van der Waals surface area contributed by atoms with Crippen LogP contribution in [0.3, 0.4) is 0 Å². The molecule has 0 radical (unpaired) electrons. The zero-order valence-electron chi connectivity index (χ0n) is 16.5. The number of nitro benzene ring substituents is 1. The highest BCUT2D eigenvalue weighted by Gasteiger charge is 2.22. The molecule has 4 rings (SSSR count). The summed E-state index contributed by atoms with van der Waals surface area (Å²) in [5.74, 6) is 1.25. The molecule has 11 heteroatoms. The fourth-order valence-corrected chi connectivity index (χ4v) is 3.91. The van der Waals surface area contributed by atoms with E-state index in [0.29, 0.717) is 61.2 Å². The predicted octanol–water partition coefficient (Wildman–Crippen LogP) is 3.32. The number of nitrogens with zero attached hydrogens (tertiary/aromatic N) is 5. The van der Waals surface area contributed by atoms with E-state index in [1.165, 1.54) is 36.0 Å². The first-order chi connectivity index (χ1) is 15.1. The quantitative estimate of drug-likeness (QED) is 0.226. The minimum atomic E-state index is -0.462. The zero-order valence-corrected chi connectivity index (χ0v) is 17.3. The molecular weight excluding hydrogens is 425 g/mol. The van der Waals surface area contributed by atoms with Crippen molar-refractivity contribution in [3.05, 3.63) is 64.5 Å². The first kappa shape index (κ1) is 21.1. The maximum absolute atomic E-state index is 13.9. The van der Waals surface area contributed by atoms with Crippen LogP contribution in [0.4, 0.5) is 16.0 Å². The third-order valence-corrected chi connectivity index (χ3v) is 5.48. The van der Waals surface area contributed by atoms with E-state index in [1.54, 1.807) is 24.3 Å². The fraction of sp³-hybridized carbons (Fsp3) is 0.300. The van der Waals surface area contributed by atoms with Crippen LogP contribution >= 0.6 is 11.8 Å². The van der Waals surface area contributed by atoms with Gasteiger partial charge in [0.2, 0.25) is 5.95 Å². The molecule has 1 saturated heterocycles. The van der Waals surface area contributed by atoms with Crippen LogP contribution < -0.4 is 9.64 Å². The van der Waals surface area contributed by atoms with Crippen LogP contribution in [0.15, 0.2) is 53.7 Å². The number of ether oxygens (including phenoxy) is 2. The fourth-order valence-electron chi connectivity index (χ4n) is 3.14. The van der Waals surface area contributed by atoms with Gasteiger partial charge in [0.1, 0.15) is 11.6 Å². The molecule has 9 nitrogen and oxygen atoms in total. The summed E-state index contributed by atoms with van der Waals surface area (Å²) < 4.78 is 26.8. The van der Waals surface area contributed by atoms with Crippen LogP contribution in [0.2, 0.25) is 0 Å². The van der Waals surface area contributed by atoms with E-state index in [2.05, 4.69) is 15.1 Å². The maximum Gasteiger partial charge on any atom is 0.273 e. The van der Waals surface area contributed by atoms with Gasteiger partial charge in [0.15, 0.2) is 5.16 Å². The summed E-state index contributed by atoms with van der Waals surface area (Å²) in [4.78, 5) is 12.5. The van der Waals surface area contributed by atoms with E-state index >= 15 is 0 Å². The summed E-state index contributed by atoms with van der Waals surface area (Å²) >= 11 is 1.41. The lowest BCUT2D eigenvalue weighted by atomic mass is 10.3. The van der Waals surface area contributed by atoms with E-state index < -0.39 is 4.92 Å². The number of hydrogen-bond donors (Lipinski definition) is 0. The topological polar surface area (TPSA) is 95.6 Å². The molecule has 1 fully saturated rings.